The van der Waals surface area contributed by atoms with Crippen molar-refractivity contribution in [2.24, 2.45) is 5.92 Å². The van der Waals surface area contributed by atoms with Gasteiger partial charge < -0.3 is 5.11 Å². The lowest BCUT2D eigenvalue weighted by atomic mass is 9.79. The minimum Gasteiger partial charge on any atom is -0.389 e. The number of hydrogen-bond donors (Lipinski definition) is 1. The van der Waals surface area contributed by atoms with Gasteiger partial charge in [-0.3, -0.25) is 0 Å². The van der Waals surface area contributed by atoms with Crippen LogP contribution in [0.2, 0.25) is 0 Å². The first-order valence-electron chi connectivity index (χ1n) is 4.19. The van der Waals surface area contributed by atoms with Gasteiger partial charge in [0.25, 0.3) is 0 Å². The summed E-state index contributed by atoms with van der Waals surface area (Å²) in [6.07, 6.45) is 8.67. The Balaban J connectivity index is 2.65. The first-order chi connectivity index (χ1) is 5.19. The summed E-state index contributed by atoms with van der Waals surface area (Å²) in [6, 6.07) is 0. The van der Waals surface area contributed by atoms with Crippen molar-refractivity contribution in [2.75, 3.05) is 0 Å². The van der Waals surface area contributed by atoms with Crippen LogP contribution in [0.1, 0.15) is 26.2 Å². The third-order valence-electron chi connectivity index (χ3n) is 2.58. The Morgan fingerprint density at radius 2 is 2.36 bits per heavy atom. The second-order valence-electron chi connectivity index (χ2n) is 3.34. The molecule has 0 aromatic heterocycles. The van der Waals surface area contributed by atoms with Gasteiger partial charge in [-0.2, -0.15) is 0 Å². The Morgan fingerprint density at radius 3 is 2.82 bits per heavy atom. The maximum absolute atomic E-state index is 10.0. The summed E-state index contributed by atoms with van der Waals surface area (Å²) < 4.78 is 0. The highest BCUT2D eigenvalue weighted by Gasteiger charge is 2.31. The lowest BCUT2D eigenvalue weighted by Crippen LogP contribution is -2.35. The van der Waals surface area contributed by atoms with Crippen LogP contribution in [0, 0.1) is 5.92 Å². The molecule has 0 amide bonds. The van der Waals surface area contributed by atoms with E-state index in [9.17, 15) is 5.11 Å². The fraction of sp³-hybridized carbons (Fsp3) is 0.600. The smallest absolute Gasteiger partial charge is 0.0744 e. The van der Waals surface area contributed by atoms with Crippen LogP contribution in [0.4, 0.5) is 0 Å². The number of allylic oxidation sites excluding steroid dienone is 1. The zero-order valence-corrected chi connectivity index (χ0v) is 7.09. The molecule has 0 spiro atoms. The van der Waals surface area contributed by atoms with E-state index in [1.807, 2.05) is 13.0 Å². The van der Waals surface area contributed by atoms with Gasteiger partial charge in [-0.15, -0.1) is 6.58 Å². The highest BCUT2D eigenvalue weighted by Crippen LogP contribution is 2.31. The Labute approximate surface area is 68.4 Å². The summed E-state index contributed by atoms with van der Waals surface area (Å²) in [6.45, 7) is 5.72. The molecule has 0 saturated heterocycles. The van der Waals surface area contributed by atoms with E-state index in [0.717, 1.165) is 19.3 Å². The second-order valence-corrected chi connectivity index (χ2v) is 3.34. The largest absolute Gasteiger partial charge is 0.389 e. The van der Waals surface area contributed by atoms with Crippen LogP contribution in [0.3, 0.4) is 0 Å². The molecule has 62 valence electrons. The molecule has 0 fully saturated rings. The fourth-order valence-corrected chi connectivity index (χ4v) is 1.47. The maximum Gasteiger partial charge on any atom is 0.0744 e. The molecule has 2 atom stereocenters. The van der Waals surface area contributed by atoms with Crippen molar-refractivity contribution in [3.8, 4) is 0 Å². The lowest BCUT2D eigenvalue weighted by Gasteiger charge is -2.33. The van der Waals surface area contributed by atoms with Crippen LogP contribution in [-0.4, -0.2) is 10.7 Å². The van der Waals surface area contributed by atoms with Crippen LogP contribution in [-0.2, 0) is 0 Å². The molecule has 1 N–H and O–H groups in total. The number of rotatable bonds is 2. The van der Waals surface area contributed by atoms with E-state index >= 15 is 0 Å². The molecular formula is C10H16O. The highest BCUT2D eigenvalue weighted by molar-refractivity contribution is 5.03. The molecule has 1 aliphatic carbocycles. The lowest BCUT2D eigenvalue weighted by molar-refractivity contribution is -0.00236. The van der Waals surface area contributed by atoms with Gasteiger partial charge in [0.15, 0.2) is 0 Å². The van der Waals surface area contributed by atoms with E-state index in [2.05, 4.69) is 18.7 Å². The normalized spacial score (nSPS) is 33.3. The van der Waals surface area contributed by atoms with Crippen molar-refractivity contribution < 1.29 is 5.11 Å². The van der Waals surface area contributed by atoms with Crippen LogP contribution in [0.25, 0.3) is 0 Å². The molecule has 0 aromatic carbocycles. The highest BCUT2D eigenvalue weighted by atomic mass is 16.3. The van der Waals surface area contributed by atoms with E-state index in [4.69, 9.17) is 0 Å². The quantitative estimate of drug-likeness (QED) is 0.602. The van der Waals surface area contributed by atoms with Gasteiger partial charge >= 0.3 is 0 Å². The first kappa shape index (κ1) is 8.54. The molecule has 0 radical (unpaired) electrons. The molecule has 0 aromatic rings. The van der Waals surface area contributed by atoms with E-state index in [0.29, 0.717) is 0 Å². The molecule has 1 aliphatic rings. The molecule has 0 aliphatic heterocycles. The Morgan fingerprint density at radius 1 is 1.64 bits per heavy atom. The molecule has 1 nitrogen and oxygen atoms in total. The Bertz CT molecular complexity index is 172. The minimum atomic E-state index is -0.517. The summed E-state index contributed by atoms with van der Waals surface area (Å²) >= 11 is 0. The molecule has 2 unspecified atom stereocenters. The van der Waals surface area contributed by atoms with Crippen molar-refractivity contribution in [3.63, 3.8) is 0 Å². The van der Waals surface area contributed by atoms with Gasteiger partial charge in [0.2, 0.25) is 0 Å². The summed E-state index contributed by atoms with van der Waals surface area (Å²) in [5.41, 5.74) is -0.517. The Hall–Kier alpha value is -0.560. The zero-order valence-electron chi connectivity index (χ0n) is 7.09. The third kappa shape index (κ3) is 1.72. The topological polar surface area (TPSA) is 20.2 Å². The van der Waals surface area contributed by atoms with Crippen LogP contribution in [0.15, 0.2) is 24.8 Å². The third-order valence-corrected chi connectivity index (χ3v) is 2.58. The maximum atomic E-state index is 10.0. The molecule has 0 saturated carbocycles. The van der Waals surface area contributed by atoms with E-state index in [-0.39, 0.29) is 5.92 Å². The average molecular weight is 152 g/mol. The van der Waals surface area contributed by atoms with Crippen molar-refractivity contribution >= 4 is 0 Å². The summed E-state index contributed by atoms with van der Waals surface area (Å²) in [7, 11) is 0. The zero-order chi connectivity index (χ0) is 8.32. The fourth-order valence-electron chi connectivity index (χ4n) is 1.47. The van der Waals surface area contributed by atoms with Gasteiger partial charge in [0.1, 0.15) is 0 Å². The number of aliphatic hydroxyl groups is 1. The van der Waals surface area contributed by atoms with Crippen molar-refractivity contribution in [2.45, 2.75) is 31.8 Å². The number of hydrogen-bond acceptors (Lipinski definition) is 1. The molecule has 0 heterocycles. The minimum absolute atomic E-state index is 0.201. The van der Waals surface area contributed by atoms with Gasteiger partial charge in [0.05, 0.1) is 5.60 Å². The van der Waals surface area contributed by atoms with Gasteiger partial charge in [0, 0.05) is 5.92 Å². The SMILES string of the molecule is C=CC(C)C1(O)CC=CCC1. The first-order valence-corrected chi connectivity index (χ1v) is 4.19. The van der Waals surface area contributed by atoms with Gasteiger partial charge in [-0.1, -0.05) is 25.2 Å². The standard InChI is InChI=1S/C10H16O/c1-3-9(2)10(11)7-5-4-6-8-10/h3-5,9,11H,1,6-8H2,2H3. The molecule has 0 bridgehead atoms. The molecular weight excluding hydrogens is 136 g/mol. The van der Waals surface area contributed by atoms with Crippen LogP contribution >= 0.6 is 0 Å². The van der Waals surface area contributed by atoms with E-state index in [1.165, 1.54) is 0 Å². The van der Waals surface area contributed by atoms with E-state index in [1.54, 1.807) is 0 Å². The Kier molecular flexibility index (Phi) is 2.50. The summed E-state index contributed by atoms with van der Waals surface area (Å²) in [4.78, 5) is 0. The van der Waals surface area contributed by atoms with Crippen LogP contribution in [0.5, 0.6) is 0 Å². The van der Waals surface area contributed by atoms with Gasteiger partial charge in [-0.25, -0.2) is 0 Å². The summed E-state index contributed by atoms with van der Waals surface area (Å²) in [5, 5.41) is 10.0. The average Bonchev–Trinajstić information content (AvgIpc) is 2.04. The van der Waals surface area contributed by atoms with Gasteiger partial charge in [-0.05, 0) is 19.3 Å². The molecule has 11 heavy (non-hydrogen) atoms. The molecule has 1 heteroatoms. The summed E-state index contributed by atoms with van der Waals surface area (Å²) in [5.74, 6) is 0.201. The molecule has 1 rings (SSSR count). The monoisotopic (exact) mass is 152 g/mol. The van der Waals surface area contributed by atoms with Crippen molar-refractivity contribution in [1.82, 2.24) is 0 Å². The van der Waals surface area contributed by atoms with Crippen molar-refractivity contribution in [3.05, 3.63) is 24.8 Å². The van der Waals surface area contributed by atoms with Crippen molar-refractivity contribution in [1.29, 1.82) is 0 Å². The predicted octanol–water partition coefficient (Wildman–Crippen LogP) is 2.28. The second kappa shape index (κ2) is 3.22. The van der Waals surface area contributed by atoms with Crippen LogP contribution < -0.4 is 0 Å². The van der Waals surface area contributed by atoms with E-state index < -0.39 is 5.60 Å². The predicted molar refractivity (Wildman–Crippen MR) is 47.3 cm³/mol.